The van der Waals surface area contributed by atoms with Crippen molar-refractivity contribution in [3.05, 3.63) is 28.8 Å². The van der Waals surface area contributed by atoms with Gasteiger partial charge in [0, 0.05) is 6.21 Å². The van der Waals surface area contributed by atoms with Crippen LogP contribution < -0.4 is 0 Å². The van der Waals surface area contributed by atoms with Crippen molar-refractivity contribution in [2.45, 2.75) is 45.9 Å². The molecule has 0 fully saturated rings. The van der Waals surface area contributed by atoms with Gasteiger partial charge in [0.1, 0.15) is 0 Å². The summed E-state index contributed by atoms with van der Waals surface area (Å²) in [5.41, 5.74) is 2.58. The molecular weight excluding hydrogens is 246 g/mol. The number of benzene rings is 1. The maximum Gasteiger partial charge on any atom is 0.282 e. The molecule has 0 N–H and O–H groups in total. The summed E-state index contributed by atoms with van der Waals surface area (Å²) in [5, 5.41) is 0. The standard InChI is InChI=1S/C14H21NO2S/c1-10(2)6-7-15-18(16,17)14-12(4)8-11(3)9-13(14)5/h7-10H,6H2,1-5H3/b15-7+. The monoisotopic (exact) mass is 267 g/mol. The van der Waals surface area contributed by atoms with Crippen molar-refractivity contribution in [2.24, 2.45) is 10.3 Å². The van der Waals surface area contributed by atoms with Crippen molar-refractivity contribution < 1.29 is 8.42 Å². The fourth-order valence-electron chi connectivity index (χ4n) is 1.98. The Morgan fingerprint density at radius 1 is 1.17 bits per heavy atom. The van der Waals surface area contributed by atoms with Gasteiger partial charge in [0.05, 0.1) is 4.90 Å². The molecule has 0 aliphatic heterocycles. The molecule has 0 aliphatic carbocycles. The summed E-state index contributed by atoms with van der Waals surface area (Å²) in [6.07, 6.45) is 2.17. The minimum absolute atomic E-state index is 0.341. The zero-order valence-electron chi connectivity index (χ0n) is 11.7. The molecule has 3 nitrogen and oxygen atoms in total. The van der Waals surface area contributed by atoms with E-state index in [0.717, 1.165) is 16.7 Å². The van der Waals surface area contributed by atoms with Gasteiger partial charge in [0.25, 0.3) is 10.0 Å². The number of hydrogen-bond donors (Lipinski definition) is 0. The lowest BCUT2D eigenvalue weighted by Crippen LogP contribution is -2.04. The Hall–Kier alpha value is -1.16. The highest BCUT2D eigenvalue weighted by Gasteiger charge is 2.18. The van der Waals surface area contributed by atoms with E-state index >= 15 is 0 Å². The maximum absolute atomic E-state index is 12.2. The first kappa shape index (κ1) is 14.9. The molecule has 4 heteroatoms. The highest BCUT2D eigenvalue weighted by atomic mass is 32.2. The molecule has 0 radical (unpaired) electrons. The van der Waals surface area contributed by atoms with Crippen molar-refractivity contribution >= 4 is 16.2 Å². The molecule has 0 atom stereocenters. The van der Waals surface area contributed by atoms with Gasteiger partial charge in [-0.25, -0.2) is 0 Å². The smallest absolute Gasteiger partial charge is 0.199 e. The van der Waals surface area contributed by atoms with Gasteiger partial charge in [0.2, 0.25) is 0 Å². The van der Waals surface area contributed by atoms with Crippen LogP contribution in [0.25, 0.3) is 0 Å². The zero-order valence-corrected chi connectivity index (χ0v) is 12.5. The van der Waals surface area contributed by atoms with Crippen LogP contribution in [0.4, 0.5) is 0 Å². The second-order valence-corrected chi connectivity index (χ2v) is 6.69. The zero-order chi connectivity index (χ0) is 13.9. The van der Waals surface area contributed by atoms with E-state index < -0.39 is 10.0 Å². The minimum atomic E-state index is -3.56. The van der Waals surface area contributed by atoms with Crippen LogP contribution in [0.1, 0.15) is 37.0 Å². The highest BCUT2D eigenvalue weighted by molar-refractivity contribution is 7.90. The third kappa shape index (κ3) is 3.67. The third-order valence-electron chi connectivity index (χ3n) is 2.65. The van der Waals surface area contributed by atoms with Gasteiger partial charge in [-0.2, -0.15) is 12.8 Å². The number of hydrogen-bond acceptors (Lipinski definition) is 2. The summed E-state index contributed by atoms with van der Waals surface area (Å²) in [6, 6.07) is 3.75. The van der Waals surface area contributed by atoms with Crippen LogP contribution >= 0.6 is 0 Å². The topological polar surface area (TPSA) is 46.5 Å². The van der Waals surface area contributed by atoms with E-state index in [1.54, 1.807) is 0 Å². The summed E-state index contributed by atoms with van der Waals surface area (Å²) >= 11 is 0. The first-order valence-electron chi connectivity index (χ1n) is 6.10. The Bertz CT molecular complexity index is 534. The molecule has 18 heavy (non-hydrogen) atoms. The summed E-state index contributed by atoms with van der Waals surface area (Å²) in [7, 11) is -3.56. The van der Waals surface area contributed by atoms with Crippen molar-refractivity contribution in [1.29, 1.82) is 0 Å². The van der Waals surface area contributed by atoms with Crippen molar-refractivity contribution in [3.63, 3.8) is 0 Å². The number of aryl methyl sites for hydroxylation is 3. The molecule has 0 saturated carbocycles. The van der Waals surface area contributed by atoms with Crippen LogP contribution in [0.5, 0.6) is 0 Å². The first-order chi connectivity index (χ1) is 8.24. The van der Waals surface area contributed by atoms with E-state index in [4.69, 9.17) is 0 Å². The maximum atomic E-state index is 12.2. The second kappa shape index (κ2) is 5.65. The number of rotatable bonds is 4. The van der Waals surface area contributed by atoms with E-state index in [0.29, 0.717) is 17.2 Å². The Morgan fingerprint density at radius 2 is 1.67 bits per heavy atom. The summed E-state index contributed by atoms with van der Waals surface area (Å²) in [6.45, 7) is 9.64. The summed E-state index contributed by atoms with van der Waals surface area (Å²) in [5.74, 6) is 0.407. The van der Waals surface area contributed by atoms with Crippen LogP contribution in [0.3, 0.4) is 0 Å². The average molecular weight is 267 g/mol. The summed E-state index contributed by atoms with van der Waals surface area (Å²) < 4.78 is 28.1. The van der Waals surface area contributed by atoms with E-state index in [1.807, 2.05) is 46.8 Å². The van der Waals surface area contributed by atoms with Gasteiger partial charge >= 0.3 is 0 Å². The fourth-order valence-corrected chi connectivity index (χ4v) is 3.30. The Balaban J connectivity index is 3.17. The predicted molar refractivity (Wildman–Crippen MR) is 75.8 cm³/mol. The van der Waals surface area contributed by atoms with Crippen molar-refractivity contribution in [3.8, 4) is 0 Å². The molecular formula is C14H21NO2S. The second-order valence-electron chi connectivity index (χ2n) is 5.12. The fraction of sp³-hybridized carbons (Fsp3) is 0.500. The largest absolute Gasteiger partial charge is 0.282 e. The van der Waals surface area contributed by atoms with Gasteiger partial charge in [0.15, 0.2) is 0 Å². The Morgan fingerprint density at radius 3 is 2.11 bits per heavy atom. The van der Waals surface area contributed by atoms with Crippen molar-refractivity contribution in [2.75, 3.05) is 0 Å². The van der Waals surface area contributed by atoms with Crippen LogP contribution in [0, 0.1) is 26.7 Å². The molecule has 0 aliphatic rings. The lowest BCUT2D eigenvalue weighted by molar-refractivity contribution is 0.596. The molecule has 100 valence electrons. The molecule has 1 aromatic rings. The van der Waals surface area contributed by atoms with Crippen LogP contribution in [-0.2, 0) is 10.0 Å². The van der Waals surface area contributed by atoms with Crippen LogP contribution in [-0.4, -0.2) is 14.6 Å². The third-order valence-corrected chi connectivity index (χ3v) is 4.24. The van der Waals surface area contributed by atoms with Gasteiger partial charge in [-0.1, -0.05) is 31.5 Å². The molecule has 0 aromatic heterocycles. The molecule has 0 amide bonds. The van der Waals surface area contributed by atoms with E-state index in [2.05, 4.69) is 4.40 Å². The molecule has 0 bridgehead atoms. The van der Waals surface area contributed by atoms with E-state index in [1.165, 1.54) is 6.21 Å². The molecule has 0 spiro atoms. The van der Waals surface area contributed by atoms with E-state index in [-0.39, 0.29) is 0 Å². The molecule has 0 saturated heterocycles. The van der Waals surface area contributed by atoms with Gasteiger partial charge < -0.3 is 0 Å². The predicted octanol–water partition coefficient (Wildman–Crippen LogP) is 3.42. The van der Waals surface area contributed by atoms with E-state index in [9.17, 15) is 8.42 Å². The van der Waals surface area contributed by atoms with Gasteiger partial charge in [-0.3, -0.25) is 0 Å². The number of sulfonamides is 1. The first-order valence-corrected chi connectivity index (χ1v) is 7.54. The van der Waals surface area contributed by atoms with Gasteiger partial charge in [-0.15, -0.1) is 0 Å². The molecule has 1 rings (SSSR count). The average Bonchev–Trinajstić information content (AvgIpc) is 2.13. The van der Waals surface area contributed by atoms with Gasteiger partial charge in [-0.05, 0) is 44.2 Å². The quantitative estimate of drug-likeness (QED) is 0.785. The minimum Gasteiger partial charge on any atom is -0.199 e. The SMILES string of the molecule is Cc1cc(C)c(S(=O)(=O)/N=C/CC(C)C)c(C)c1. The molecule has 0 heterocycles. The van der Waals surface area contributed by atoms with Crippen LogP contribution in [0.15, 0.2) is 21.4 Å². The van der Waals surface area contributed by atoms with Crippen LogP contribution in [0.2, 0.25) is 0 Å². The normalized spacial score (nSPS) is 12.6. The Labute approximate surface area is 110 Å². The lowest BCUT2D eigenvalue weighted by atomic mass is 10.1. The molecule has 1 aromatic carbocycles. The molecule has 0 unspecified atom stereocenters. The number of nitrogens with zero attached hydrogens (tertiary/aromatic N) is 1. The lowest BCUT2D eigenvalue weighted by Gasteiger charge is -2.09. The summed E-state index contributed by atoms with van der Waals surface area (Å²) in [4.78, 5) is 0.341. The Kier molecular flexibility index (Phi) is 4.68. The highest BCUT2D eigenvalue weighted by Crippen LogP contribution is 2.23. The van der Waals surface area contributed by atoms with Crippen molar-refractivity contribution in [1.82, 2.24) is 0 Å².